The fraction of sp³-hybridized carbons (Fsp3) is 0.292. The number of hydrogen-bond acceptors (Lipinski definition) is 3. The van der Waals surface area contributed by atoms with Gasteiger partial charge in [-0.1, -0.05) is 42.5 Å². The molecule has 2 aromatic carbocycles. The van der Waals surface area contributed by atoms with Crippen molar-refractivity contribution in [2.24, 2.45) is 13.0 Å². The number of hydrogen-bond donors (Lipinski definition) is 1. The monoisotopic (exact) mass is 402 g/mol. The van der Waals surface area contributed by atoms with E-state index in [1.54, 1.807) is 24.0 Å². The van der Waals surface area contributed by atoms with Crippen LogP contribution in [0.4, 0.5) is 0 Å². The fourth-order valence-corrected chi connectivity index (χ4v) is 3.95. The summed E-state index contributed by atoms with van der Waals surface area (Å²) in [5.41, 5.74) is 3.46. The first-order valence-electron chi connectivity index (χ1n) is 10.3. The minimum Gasteiger partial charge on any atom is -0.352 e. The summed E-state index contributed by atoms with van der Waals surface area (Å²) in [4.78, 5) is 27.2. The number of carbonyl (C=O) groups excluding carboxylic acids is 2. The molecule has 1 aliphatic heterocycles. The van der Waals surface area contributed by atoms with Gasteiger partial charge in [-0.25, -0.2) is 0 Å². The third-order valence-corrected chi connectivity index (χ3v) is 5.65. The Morgan fingerprint density at radius 3 is 2.47 bits per heavy atom. The molecule has 2 amide bonds. The highest BCUT2D eigenvalue weighted by Gasteiger charge is 2.26. The van der Waals surface area contributed by atoms with Gasteiger partial charge in [-0.05, 0) is 48.1 Å². The van der Waals surface area contributed by atoms with Gasteiger partial charge in [0.1, 0.15) is 5.69 Å². The molecule has 1 N–H and O–H groups in total. The van der Waals surface area contributed by atoms with Gasteiger partial charge in [0.25, 0.3) is 11.8 Å². The molecule has 1 saturated heterocycles. The summed E-state index contributed by atoms with van der Waals surface area (Å²) in [6, 6.07) is 19.5. The Labute approximate surface area is 176 Å². The molecule has 6 nitrogen and oxygen atoms in total. The maximum Gasteiger partial charge on any atom is 0.272 e. The Balaban J connectivity index is 1.32. The number of nitrogens with zero attached hydrogens (tertiary/aromatic N) is 3. The molecule has 4 rings (SSSR count). The van der Waals surface area contributed by atoms with Crippen LogP contribution in [-0.4, -0.2) is 46.1 Å². The van der Waals surface area contributed by atoms with E-state index in [4.69, 9.17) is 0 Å². The first kappa shape index (κ1) is 19.9. The summed E-state index contributed by atoms with van der Waals surface area (Å²) < 4.78 is 1.60. The van der Waals surface area contributed by atoms with Crippen molar-refractivity contribution in [3.8, 4) is 11.1 Å². The lowest BCUT2D eigenvalue weighted by molar-refractivity contribution is 0.0660. The zero-order valence-electron chi connectivity index (χ0n) is 17.1. The van der Waals surface area contributed by atoms with Crippen LogP contribution in [0.3, 0.4) is 0 Å². The Bertz CT molecular complexity index is 1010. The molecule has 154 valence electrons. The highest BCUT2D eigenvalue weighted by molar-refractivity contribution is 5.94. The van der Waals surface area contributed by atoms with Crippen LogP contribution < -0.4 is 5.32 Å². The fourth-order valence-electron chi connectivity index (χ4n) is 3.95. The van der Waals surface area contributed by atoms with Crippen molar-refractivity contribution in [3.63, 3.8) is 0 Å². The quantitative estimate of drug-likeness (QED) is 0.712. The first-order valence-corrected chi connectivity index (χ1v) is 10.3. The van der Waals surface area contributed by atoms with Gasteiger partial charge in [-0.15, -0.1) is 0 Å². The predicted octanol–water partition coefficient (Wildman–Crippen LogP) is 3.37. The van der Waals surface area contributed by atoms with E-state index in [1.807, 2.05) is 47.4 Å². The number of aryl methyl sites for hydroxylation is 1. The number of amides is 2. The van der Waals surface area contributed by atoms with E-state index < -0.39 is 0 Å². The second-order valence-corrected chi connectivity index (χ2v) is 7.75. The van der Waals surface area contributed by atoms with Gasteiger partial charge in [0, 0.05) is 38.4 Å². The number of carbonyl (C=O) groups is 2. The molecule has 1 aliphatic rings. The zero-order chi connectivity index (χ0) is 20.9. The molecule has 3 aromatic rings. The maximum absolute atomic E-state index is 12.7. The van der Waals surface area contributed by atoms with Crippen molar-refractivity contribution in [3.05, 3.63) is 78.1 Å². The van der Waals surface area contributed by atoms with Crippen LogP contribution in [0.2, 0.25) is 0 Å². The topological polar surface area (TPSA) is 67.2 Å². The lowest BCUT2D eigenvalue weighted by Gasteiger charge is -2.32. The van der Waals surface area contributed by atoms with Gasteiger partial charge in [0.15, 0.2) is 0 Å². The van der Waals surface area contributed by atoms with Crippen molar-refractivity contribution in [1.82, 2.24) is 20.0 Å². The van der Waals surface area contributed by atoms with Gasteiger partial charge in [0.05, 0.1) is 0 Å². The second-order valence-electron chi connectivity index (χ2n) is 7.75. The van der Waals surface area contributed by atoms with E-state index in [2.05, 4.69) is 22.5 Å². The standard InChI is InChI=1S/C24H26N4O2/c1-27-22(13-14-26-27)24(30)28-15-5-6-18(17-28)16-25-23(29)21-11-9-20(10-12-21)19-7-3-2-4-8-19/h2-4,7-14,18H,5-6,15-17H2,1H3,(H,25,29)/t18-/m1/s1. The summed E-state index contributed by atoms with van der Waals surface area (Å²) >= 11 is 0. The average molecular weight is 402 g/mol. The largest absolute Gasteiger partial charge is 0.352 e. The van der Waals surface area contributed by atoms with Crippen molar-refractivity contribution in [1.29, 1.82) is 0 Å². The highest BCUT2D eigenvalue weighted by Crippen LogP contribution is 2.20. The second kappa shape index (κ2) is 8.95. The molecule has 0 saturated carbocycles. The van der Waals surface area contributed by atoms with Gasteiger partial charge in [-0.2, -0.15) is 5.10 Å². The summed E-state index contributed by atoms with van der Waals surface area (Å²) in [5, 5.41) is 7.12. The number of aromatic nitrogens is 2. The molecule has 1 fully saturated rings. The normalized spacial score (nSPS) is 16.3. The Hall–Kier alpha value is -3.41. The third-order valence-electron chi connectivity index (χ3n) is 5.65. The summed E-state index contributed by atoms with van der Waals surface area (Å²) in [6.45, 7) is 1.96. The third kappa shape index (κ3) is 4.43. The lowest BCUT2D eigenvalue weighted by atomic mass is 9.97. The molecule has 0 bridgehead atoms. The van der Waals surface area contributed by atoms with Crippen LogP contribution in [0.5, 0.6) is 0 Å². The SMILES string of the molecule is Cn1nccc1C(=O)N1CCC[C@H](CNC(=O)c2ccc(-c3ccccc3)cc2)C1. The Kier molecular flexibility index (Phi) is 5.93. The van der Waals surface area contributed by atoms with E-state index >= 15 is 0 Å². The number of rotatable bonds is 5. The number of piperidine rings is 1. The van der Waals surface area contributed by atoms with Crippen LogP contribution in [-0.2, 0) is 7.05 Å². The van der Waals surface area contributed by atoms with Crippen LogP contribution >= 0.6 is 0 Å². The zero-order valence-corrected chi connectivity index (χ0v) is 17.1. The van der Waals surface area contributed by atoms with E-state index in [-0.39, 0.29) is 17.7 Å². The van der Waals surface area contributed by atoms with Crippen molar-refractivity contribution < 1.29 is 9.59 Å². The predicted molar refractivity (Wildman–Crippen MR) is 116 cm³/mol. The molecule has 1 atom stereocenters. The van der Waals surface area contributed by atoms with Gasteiger partial charge >= 0.3 is 0 Å². The molecule has 0 spiro atoms. The van der Waals surface area contributed by atoms with E-state index in [0.717, 1.165) is 30.5 Å². The molecule has 0 radical (unpaired) electrons. The minimum absolute atomic E-state index is 0.00234. The van der Waals surface area contributed by atoms with Gasteiger partial charge in [-0.3, -0.25) is 14.3 Å². The van der Waals surface area contributed by atoms with Crippen molar-refractivity contribution in [2.75, 3.05) is 19.6 Å². The summed E-state index contributed by atoms with van der Waals surface area (Å²) in [6.07, 6.45) is 3.58. The minimum atomic E-state index is -0.0790. The van der Waals surface area contributed by atoms with E-state index in [9.17, 15) is 9.59 Å². The van der Waals surface area contributed by atoms with Crippen LogP contribution in [0, 0.1) is 5.92 Å². The van der Waals surface area contributed by atoms with E-state index in [1.165, 1.54) is 0 Å². The maximum atomic E-state index is 12.7. The van der Waals surface area contributed by atoms with Crippen LogP contribution in [0.1, 0.15) is 33.7 Å². The Morgan fingerprint density at radius 1 is 1.03 bits per heavy atom. The Morgan fingerprint density at radius 2 is 1.77 bits per heavy atom. The smallest absolute Gasteiger partial charge is 0.272 e. The summed E-state index contributed by atoms with van der Waals surface area (Å²) in [5.74, 6) is 0.177. The van der Waals surface area contributed by atoms with Crippen LogP contribution in [0.15, 0.2) is 66.9 Å². The number of likely N-dealkylation sites (tertiary alicyclic amines) is 1. The van der Waals surface area contributed by atoms with Crippen molar-refractivity contribution >= 4 is 11.8 Å². The average Bonchev–Trinajstić information content (AvgIpc) is 3.23. The van der Waals surface area contributed by atoms with Gasteiger partial charge in [0.2, 0.25) is 0 Å². The number of nitrogens with one attached hydrogen (secondary N) is 1. The molecule has 0 unspecified atom stereocenters. The highest BCUT2D eigenvalue weighted by atomic mass is 16.2. The lowest BCUT2D eigenvalue weighted by Crippen LogP contribution is -2.44. The van der Waals surface area contributed by atoms with Gasteiger partial charge < -0.3 is 10.2 Å². The molecule has 1 aromatic heterocycles. The molecular weight excluding hydrogens is 376 g/mol. The molecule has 2 heterocycles. The van der Waals surface area contributed by atoms with Crippen LogP contribution in [0.25, 0.3) is 11.1 Å². The molecular formula is C24H26N4O2. The number of benzene rings is 2. The summed E-state index contributed by atoms with van der Waals surface area (Å²) in [7, 11) is 1.78. The molecule has 6 heteroatoms. The molecule has 30 heavy (non-hydrogen) atoms. The van der Waals surface area contributed by atoms with E-state index in [0.29, 0.717) is 24.3 Å². The van der Waals surface area contributed by atoms with Crippen molar-refractivity contribution in [2.45, 2.75) is 12.8 Å². The molecule has 0 aliphatic carbocycles. The first-order chi connectivity index (χ1) is 14.6.